The highest BCUT2D eigenvalue weighted by molar-refractivity contribution is 7.91. The summed E-state index contributed by atoms with van der Waals surface area (Å²) in [5, 5.41) is 11.2. The zero-order chi connectivity index (χ0) is 18.4. The van der Waals surface area contributed by atoms with Crippen molar-refractivity contribution in [3.63, 3.8) is 0 Å². The summed E-state index contributed by atoms with van der Waals surface area (Å²) in [6.07, 6.45) is 2.29. The Balaban J connectivity index is 1.63. The van der Waals surface area contributed by atoms with Crippen LogP contribution in [0.25, 0.3) is 17.0 Å². The van der Waals surface area contributed by atoms with Crippen LogP contribution < -0.4 is 5.32 Å². The number of hydrogen-bond acceptors (Lipinski definition) is 5. The molecule has 1 unspecified atom stereocenters. The molecule has 4 rings (SSSR count). The molecule has 0 saturated carbocycles. The molecule has 1 fully saturated rings. The van der Waals surface area contributed by atoms with Gasteiger partial charge in [-0.1, -0.05) is 18.2 Å². The maximum Gasteiger partial charge on any atom is 0.251 e. The topological polar surface area (TPSA) is 93.4 Å². The predicted molar refractivity (Wildman–Crippen MR) is 97.6 cm³/mol. The van der Waals surface area contributed by atoms with E-state index in [1.807, 2.05) is 34.9 Å². The number of nitrogens with one attached hydrogen (secondary N) is 1. The molecular formula is C18H18N4O3S. The molecule has 0 spiro atoms. The van der Waals surface area contributed by atoms with Gasteiger partial charge in [-0.05, 0) is 37.6 Å². The zero-order valence-electron chi connectivity index (χ0n) is 14.2. The molecule has 1 aliphatic heterocycles. The van der Waals surface area contributed by atoms with Crippen LogP contribution in [0, 0.1) is 0 Å². The molecule has 1 aromatic carbocycles. The Morgan fingerprint density at radius 2 is 2.04 bits per heavy atom. The number of fused-ring (bicyclic) bond motifs is 1. The van der Waals surface area contributed by atoms with Gasteiger partial charge in [-0.2, -0.15) is 0 Å². The number of aromatic nitrogens is 3. The van der Waals surface area contributed by atoms with Crippen molar-refractivity contribution in [3.05, 3.63) is 54.2 Å². The van der Waals surface area contributed by atoms with Crippen molar-refractivity contribution in [1.29, 1.82) is 0 Å². The standard InChI is InChI=1S/C18H18N4O3S/c1-18(8-10-26(24,25)12-18)19-17(23)14-6-4-5-13(11-14)16-21-20-15-7-2-3-9-22(15)16/h2-7,9,11H,8,10,12H2,1H3,(H,19,23). The minimum atomic E-state index is -3.09. The van der Waals surface area contributed by atoms with E-state index in [0.29, 0.717) is 17.8 Å². The molecule has 134 valence electrons. The van der Waals surface area contributed by atoms with E-state index < -0.39 is 15.4 Å². The molecule has 8 heteroatoms. The van der Waals surface area contributed by atoms with Crippen LogP contribution in [0.1, 0.15) is 23.7 Å². The van der Waals surface area contributed by atoms with Crippen molar-refractivity contribution in [3.8, 4) is 11.4 Å². The number of carbonyl (C=O) groups excluding carboxylic acids is 1. The molecule has 0 aliphatic carbocycles. The SMILES string of the molecule is CC1(NC(=O)c2cccc(-c3nnc4ccccn34)c2)CCS(=O)(=O)C1. The Kier molecular flexibility index (Phi) is 3.80. The van der Waals surface area contributed by atoms with Crippen molar-refractivity contribution >= 4 is 21.4 Å². The largest absolute Gasteiger partial charge is 0.346 e. The number of rotatable bonds is 3. The second kappa shape index (κ2) is 5.91. The van der Waals surface area contributed by atoms with E-state index in [2.05, 4.69) is 15.5 Å². The van der Waals surface area contributed by atoms with Gasteiger partial charge in [0.1, 0.15) is 0 Å². The highest BCUT2D eigenvalue weighted by Crippen LogP contribution is 2.24. The fourth-order valence-electron chi connectivity index (χ4n) is 3.29. The van der Waals surface area contributed by atoms with Crippen LogP contribution in [0.3, 0.4) is 0 Å². The molecule has 0 radical (unpaired) electrons. The lowest BCUT2D eigenvalue weighted by Crippen LogP contribution is -2.46. The number of hydrogen-bond donors (Lipinski definition) is 1. The maximum atomic E-state index is 12.7. The van der Waals surface area contributed by atoms with E-state index in [1.165, 1.54) is 0 Å². The quantitative estimate of drug-likeness (QED) is 0.757. The lowest BCUT2D eigenvalue weighted by molar-refractivity contribution is 0.0915. The fraction of sp³-hybridized carbons (Fsp3) is 0.278. The van der Waals surface area contributed by atoms with Crippen LogP contribution in [-0.4, -0.2) is 46.0 Å². The van der Waals surface area contributed by atoms with E-state index in [0.717, 1.165) is 11.2 Å². The van der Waals surface area contributed by atoms with Gasteiger partial charge < -0.3 is 5.32 Å². The van der Waals surface area contributed by atoms with Crippen molar-refractivity contribution in [2.75, 3.05) is 11.5 Å². The number of amides is 1. The molecule has 1 aliphatic rings. The summed E-state index contributed by atoms with van der Waals surface area (Å²) in [6.45, 7) is 1.77. The summed E-state index contributed by atoms with van der Waals surface area (Å²) in [6, 6.07) is 12.7. The molecule has 3 heterocycles. The third-order valence-electron chi connectivity index (χ3n) is 4.62. The first-order valence-corrected chi connectivity index (χ1v) is 10.1. The van der Waals surface area contributed by atoms with Gasteiger partial charge in [-0.3, -0.25) is 9.20 Å². The van der Waals surface area contributed by atoms with Gasteiger partial charge in [0.05, 0.1) is 17.0 Å². The van der Waals surface area contributed by atoms with E-state index in [4.69, 9.17) is 0 Å². The van der Waals surface area contributed by atoms with Crippen LogP contribution in [0.5, 0.6) is 0 Å². The molecule has 1 N–H and O–H groups in total. The van der Waals surface area contributed by atoms with E-state index >= 15 is 0 Å². The van der Waals surface area contributed by atoms with Crippen LogP contribution >= 0.6 is 0 Å². The third-order valence-corrected chi connectivity index (χ3v) is 6.52. The predicted octanol–water partition coefficient (Wildman–Crippen LogP) is 1.70. The van der Waals surface area contributed by atoms with Gasteiger partial charge >= 0.3 is 0 Å². The minimum absolute atomic E-state index is 0.0275. The van der Waals surface area contributed by atoms with Crippen molar-refractivity contribution in [2.45, 2.75) is 18.9 Å². The summed E-state index contributed by atoms with van der Waals surface area (Å²) < 4.78 is 25.3. The summed E-state index contributed by atoms with van der Waals surface area (Å²) in [5.41, 5.74) is 1.22. The highest BCUT2D eigenvalue weighted by Gasteiger charge is 2.39. The van der Waals surface area contributed by atoms with Gasteiger partial charge in [-0.25, -0.2) is 8.42 Å². The molecule has 3 aromatic rings. The number of nitrogens with zero attached hydrogens (tertiary/aromatic N) is 3. The third kappa shape index (κ3) is 3.08. The van der Waals surface area contributed by atoms with Crippen molar-refractivity contribution in [1.82, 2.24) is 19.9 Å². The number of carbonyl (C=O) groups is 1. The van der Waals surface area contributed by atoms with Crippen LogP contribution in [0.4, 0.5) is 0 Å². The smallest absolute Gasteiger partial charge is 0.251 e. The summed E-state index contributed by atoms with van der Waals surface area (Å²) in [4.78, 5) is 12.7. The first-order valence-electron chi connectivity index (χ1n) is 8.28. The molecule has 0 bridgehead atoms. The van der Waals surface area contributed by atoms with Crippen molar-refractivity contribution in [2.24, 2.45) is 0 Å². The van der Waals surface area contributed by atoms with Crippen LogP contribution in [-0.2, 0) is 9.84 Å². The normalized spacial score (nSPS) is 21.7. The summed E-state index contributed by atoms with van der Waals surface area (Å²) >= 11 is 0. The number of pyridine rings is 1. The zero-order valence-corrected chi connectivity index (χ0v) is 15.0. The first kappa shape index (κ1) is 16.7. The van der Waals surface area contributed by atoms with Gasteiger partial charge in [0.2, 0.25) is 0 Å². The lowest BCUT2D eigenvalue weighted by atomic mass is 10.0. The van der Waals surface area contributed by atoms with Gasteiger partial charge in [0, 0.05) is 17.3 Å². The minimum Gasteiger partial charge on any atom is -0.346 e. The van der Waals surface area contributed by atoms with Crippen LogP contribution in [0.2, 0.25) is 0 Å². The Labute approximate surface area is 151 Å². The maximum absolute atomic E-state index is 12.7. The number of benzene rings is 1. The van der Waals surface area contributed by atoms with E-state index in [-0.39, 0.29) is 17.4 Å². The molecule has 1 saturated heterocycles. The summed E-state index contributed by atoms with van der Waals surface area (Å²) in [7, 11) is -3.09. The highest BCUT2D eigenvalue weighted by atomic mass is 32.2. The molecular weight excluding hydrogens is 352 g/mol. The Morgan fingerprint density at radius 3 is 2.81 bits per heavy atom. The second-order valence-electron chi connectivity index (χ2n) is 6.89. The Bertz CT molecular complexity index is 1110. The average Bonchev–Trinajstić information content (AvgIpc) is 3.15. The Morgan fingerprint density at radius 1 is 1.19 bits per heavy atom. The average molecular weight is 370 g/mol. The summed E-state index contributed by atoms with van der Waals surface area (Å²) in [5.74, 6) is 0.431. The second-order valence-corrected chi connectivity index (χ2v) is 9.07. The first-order chi connectivity index (χ1) is 12.4. The van der Waals surface area contributed by atoms with Crippen molar-refractivity contribution < 1.29 is 13.2 Å². The number of sulfone groups is 1. The molecule has 26 heavy (non-hydrogen) atoms. The van der Waals surface area contributed by atoms with E-state index in [9.17, 15) is 13.2 Å². The fourth-order valence-corrected chi connectivity index (χ4v) is 5.39. The van der Waals surface area contributed by atoms with Crippen LogP contribution in [0.15, 0.2) is 48.7 Å². The Hall–Kier alpha value is -2.74. The van der Waals surface area contributed by atoms with E-state index in [1.54, 1.807) is 25.1 Å². The molecule has 7 nitrogen and oxygen atoms in total. The van der Waals surface area contributed by atoms with Gasteiger partial charge in [0.15, 0.2) is 21.3 Å². The van der Waals surface area contributed by atoms with Gasteiger partial charge in [0.25, 0.3) is 5.91 Å². The molecule has 2 aromatic heterocycles. The van der Waals surface area contributed by atoms with Gasteiger partial charge in [-0.15, -0.1) is 10.2 Å². The molecule has 1 amide bonds. The molecule has 1 atom stereocenters. The monoisotopic (exact) mass is 370 g/mol. The lowest BCUT2D eigenvalue weighted by Gasteiger charge is -2.24.